The van der Waals surface area contributed by atoms with Crippen LogP contribution in [0.4, 0.5) is 0 Å². The fraction of sp³-hybridized carbons (Fsp3) is 0.750. The van der Waals surface area contributed by atoms with Gasteiger partial charge in [-0.05, 0) is 26.4 Å². The number of hydrogen-bond donors (Lipinski definition) is 0. The van der Waals surface area contributed by atoms with Gasteiger partial charge in [-0.15, -0.1) is 0 Å². The van der Waals surface area contributed by atoms with Crippen molar-refractivity contribution in [2.45, 2.75) is 18.9 Å². The summed E-state index contributed by atoms with van der Waals surface area (Å²) in [4.78, 5) is 2.34. The second-order valence-electron chi connectivity index (χ2n) is 2.78. The molecule has 0 aliphatic carbocycles. The minimum absolute atomic E-state index is 0.623. The molecule has 0 radical (unpaired) electrons. The molecule has 1 unspecified atom stereocenters. The first kappa shape index (κ1) is 7.61. The van der Waals surface area contributed by atoms with Crippen LogP contribution >= 0.6 is 0 Å². The van der Waals surface area contributed by atoms with Crippen LogP contribution < -0.4 is 0 Å². The summed E-state index contributed by atoms with van der Waals surface area (Å²) in [6.45, 7) is 5.52. The van der Waals surface area contributed by atoms with Crippen LogP contribution in [0.5, 0.6) is 0 Å². The summed E-state index contributed by atoms with van der Waals surface area (Å²) in [5.41, 5.74) is 0. The Kier molecular flexibility index (Phi) is 2.75. The van der Waals surface area contributed by atoms with Gasteiger partial charge in [0.1, 0.15) is 6.61 Å². The highest BCUT2D eigenvalue weighted by atomic mass is 16.5. The molecule has 1 heterocycles. The molecule has 58 valence electrons. The van der Waals surface area contributed by atoms with Crippen LogP contribution in [0.1, 0.15) is 12.8 Å². The van der Waals surface area contributed by atoms with Crippen molar-refractivity contribution in [3.8, 4) is 0 Å². The van der Waals surface area contributed by atoms with E-state index in [2.05, 4.69) is 18.5 Å². The second kappa shape index (κ2) is 3.62. The zero-order chi connectivity index (χ0) is 7.40. The number of ether oxygens (including phenoxy) is 1. The van der Waals surface area contributed by atoms with Crippen LogP contribution in [0.3, 0.4) is 0 Å². The summed E-state index contributed by atoms with van der Waals surface area (Å²) in [6.07, 6.45) is 4.10. The molecule has 0 aromatic rings. The molecular weight excluding hydrogens is 126 g/mol. The van der Waals surface area contributed by atoms with Crippen molar-refractivity contribution in [1.82, 2.24) is 4.90 Å². The SMILES string of the molecule is C=COCC1CCCN1C. The third-order valence-corrected chi connectivity index (χ3v) is 2.08. The van der Waals surface area contributed by atoms with E-state index in [1.807, 2.05) is 0 Å². The van der Waals surface area contributed by atoms with E-state index < -0.39 is 0 Å². The van der Waals surface area contributed by atoms with Crippen LogP contribution in [-0.4, -0.2) is 31.1 Å². The van der Waals surface area contributed by atoms with Gasteiger partial charge >= 0.3 is 0 Å². The Morgan fingerprint density at radius 3 is 3.10 bits per heavy atom. The van der Waals surface area contributed by atoms with Gasteiger partial charge in [0.15, 0.2) is 0 Å². The van der Waals surface area contributed by atoms with E-state index in [9.17, 15) is 0 Å². The molecule has 1 aliphatic heterocycles. The predicted molar refractivity (Wildman–Crippen MR) is 41.8 cm³/mol. The van der Waals surface area contributed by atoms with E-state index in [-0.39, 0.29) is 0 Å². The van der Waals surface area contributed by atoms with Gasteiger partial charge in [0.25, 0.3) is 0 Å². The Balaban J connectivity index is 2.19. The highest BCUT2D eigenvalue weighted by molar-refractivity contribution is 4.76. The van der Waals surface area contributed by atoms with Crippen molar-refractivity contribution in [2.24, 2.45) is 0 Å². The van der Waals surface area contributed by atoms with Crippen molar-refractivity contribution in [2.75, 3.05) is 20.2 Å². The minimum atomic E-state index is 0.623. The molecule has 0 aromatic heterocycles. The maximum Gasteiger partial charge on any atom is 0.103 e. The molecule has 0 aromatic carbocycles. The van der Waals surface area contributed by atoms with E-state index in [0.717, 1.165) is 6.61 Å². The monoisotopic (exact) mass is 141 g/mol. The molecule has 0 amide bonds. The van der Waals surface area contributed by atoms with Crippen LogP contribution in [-0.2, 0) is 4.74 Å². The lowest BCUT2D eigenvalue weighted by molar-refractivity contribution is 0.161. The second-order valence-corrected chi connectivity index (χ2v) is 2.78. The number of rotatable bonds is 3. The first-order valence-electron chi connectivity index (χ1n) is 3.77. The van der Waals surface area contributed by atoms with Gasteiger partial charge in [-0.3, -0.25) is 0 Å². The van der Waals surface area contributed by atoms with Gasteiger partial charge in [-0.1, -0.05) is 6.58 Å². The Hall–Kier alpha value is -0.500. The van der Waals surface area contributed by atoms with Crippen LogP contribution in [0, 0.1) is 0 Å². The highest BCUT2D eigenvalue weighted by Gasteiger charge is 2.20. The highest BCUT2D eigenvalue weighted by Crippen LogP contribution is 2.14. The fourth-order valence-electron chi connectivity index (χ4n) is 1.37. The average molecular weight is 141 g/mol. The molecule has 10 heavy (non-hydrogen) atoms. The lowest BCUT2D eigenvalue weighted by atomic mass is 10.2. The number of likely N-dealkylation sites (N-methyl/N-ethyl adjacent to an activating group) is 1. The molecule has 1 rings (SSSR count). The summed E-state index contributed by atoms with van der Waals surface area (Å²) in [5.74, 6) is 0. The van der Waals surface area contributed by atoms with Gasteiger partial charge in [0.2, 0.25) is 0 Å². The van der Waals surface area contributed by atoms with Gasteiger partial charge in [-0.2, -0.15) is 0 Å². The molecule has 1 atom stereocenters. The van der Waals surface area contributed by atoms with Gasteiger partial charge in [0.05, 0.1) is 6.26 Å². The molecule has 0 bridgehead atoms. The van der Waals surface area contributed by atoms with E-state index >= 15 is 0 Å². The summed E-state index contributed by atoms with van der Waals surface area (Å²) in [6, 6.07) is 0.623. The summed E-state index contributed by atoms with van der Waals surface area (Å²) in [7, 11) is 2.14. The Morgan fingerprint density at radius 2 is 2.60 bits per heavy atom. The lowest BCUT2D eigenvalue weighted by Gasteiger charge is -2.17. The third kappa shape index (κ3) is 1.74. The molecule has 0 spiro atoms. The molecule has 2 heteroatoms. The molecule has 1 fully saturated rings. The van der Waals surface area contributed by atoms with Crippen LogP contribution in [0.25, 0.3) is 0 Å². The van der Waals surface area contributed by atoms with E-state index in [1.54, 1.807) is 0 Å². The molecular formula is C8H15NO. The van der Waals surface area contributed by atoms with E-state index in [0.29, 0.717) is 6.04 Å². The number of hydrogen-bond acceptors (Lipinski definition) is 2. The smallest absolute Gasteiger partial charge is 0.103 e. The molecule has 1 saturated heterocycles. The fourth-order valence-corrected chi connectivity index (χ4v) is 1.37. The van der Waals surface area contributed by atoms with Crippen molar-refractivity contribution in [3.05, 3.63) is 12.8 Å². The Bertz CT molecular complexity index is 114. The Labute approximate surface area is 62.5 Å². The van der Waals surface area contributed by atoms with Gasteiger partial charge in [0, 0.05) is 6.04 Å². The maximum absolute atomic E-state index is 5.11. The normalized spacial score (nSPS) is 26.7. The van der Waals surface area contributed by atoms with Crippen molar-refractivity contribution in [1.29, 1.82) is 0 Å². The third-order valence-electron chi connectivity index (χ3n) is 2.08. The number of likely N-dealkylation sites (tertiary alicyclic amines) is 1. The average Bonchev–Trinajstić information content (AvgIpc) is 2.31. The lowest BCUT2D eigenvalue weighted by Crippen LogP contribution is -2.28. The minimum Gasteiger partial charge on any atom is -0.500 e. The van der Waals surface area contributed by atoms with Crippen LogP contribution in [0.2, 0.25) is 0 Å². The standard InChI is InChI=1S/C8H15NO/c1-3-10-7-8-5-4-6-9(8)2/h3,8H,1,4-7H2,2H3. The predicted octanol–water partition coefficient (Wildman–Crippen LogP) is 1.24. The van der Waals surface area contributed by atoms with Crippen molar-refractivity contribution < 1.29 is 4.74 Å². The molecule has 1 aliphatic rings. The summed E-state index contributed by atoms with van der Waals surface area (Å²) < 4.78 is 5.11. The number of nitrogens with zero attached hydrogens (tertiary/aromatic N) is 1. The zero-order valence-electron chi connectivity index (χ0n) is 6.55. The quantitative estimate of drug-likeness (QED) is 0.548. The van der Waals surface area contributed by atoms with Gasteiger partial charge in [-0.25, -0.2) is 0 Å². The molecule has 0 N–H and O–H groups in total. The van der Waals surface area contributed by atoms with E-state index in [1.165, 1.54) is 25.6 Å². The summed E-state index contributed by atoms with van der Waals surface area (Å²) >= 11 is 0. The molecule has 0 saturated carbocycles. The topological polar surface area (TPSA) is 12.5 Å². The first-order valence-corrected chi connectivity index (χ1v) is 3.77. The van der Waals surface area contributed by atoms with Crippen molar-refractivity contribution in [3.63, 3.8) is 0 Å². The largest absolute Gasteiger partial charge is 0.500 e. The maximum atomic E-state index is 5.11. The first-order chi connectivity index (χ1) is 4.84. The van der Waals surface area contributed by atoms with E-state index in [4.69, 9.17) is 4.74 Å². The van der Waals surface area contributed by atoms with Crippen LogP contribution in [0.15, 0.2) is 12.8 Å². The summed E-state index contributed by atoms with van der Waals surface area (Å²) in [5, 5.41) is 0. The zero-order valence-corrected chi connectivity index (χ0v) is 6.55. The Morgan fingerprint density at radius 1 is 1.80 bits per heavy atom. The van der Waals surface area contributed by atoms with Crippen molar-refractivity contribution >= 4 is 0 Å². The van der Waals surface area contributed by atoms with Gasteiger partial charge < -0.3 is 9.64 Å². The molecule has 2 nitrogen and oxygen atoms in total.